The second-order valence-corrected chi connectivity index (χ2v) is 3.80. The normalized spacial score (nSPS) is 10.9. The number of esters is 1. The fraction of sp³-hybridized carbons (Fsp3) is 0.143. The van der Waals surface area contributed by atoms with Crippen LogP contribution in [0.4, 0.5) is 5.82 Å². The average molecular weight is 242 g/mol. The van der Waals surface area contributed by atoms with E-state index in [2.05, 4.69) is 4.98 Å². The SMILES string of the molecule is CCOC(=O)/C=C/c1ccc2cc(N)ncc2c1. The van der Waals surface area contributed by atoms with E-state index in [0.717, 1.165) is 16.3 Å². The highest BCUT2D eigenvalue weighted by Crippen LogP contribution is 2.17. The first-order valence-electron chi connectivity index (χ1n) is 5.69. The number of nitrogens with zero attached hydrogens (tertiary/aromatic N) is 1. The molecule has 2 aromatic rings. The molecule has 18 heavy (non-hydrogen) atoms. The summed E-state index contributed by atoms with van der Waals surface area (Å²) in [6.45, 7) is 2.15. The minimum atomic E-state index is -0.340. The number of ether oxygens (including phenoxy) is 1. The maximum Gasteiger partial charge on any atom is 0.330 e. The number of carbonyl (C=O) groups excluding carboxylic acids is 1. The van der Waals surface area contributed by atoms with E-state index in [4.69, 9.17) is 10.5 Å². The van der Waals surface area contributed by atoms with Crippen molar-refractivity contribution in [2.24, 2.45) is 0 Å². The molecule has 2 N–H and O–H groups in total. The first-order chi connectivity index (χ1) is 8.69. The highest BCUT2D eigenvalue weighted by atomic mass is 16.5. The Kier molecular flexibility index (Phi) is 3.57. The lowest BCUT2D eigenvalue weighted by Gasteiger charge is -2.00. The number of anilines is 1. The number of rotatable bonds is 3. The summed E-state index contributed by atoms with van der Waals surface area (Å²) in [5, 5.41) is 2.01. The third-order valence-corrected chi connectivity index (χ3v) is 2.47. The van der Waals surface area contributed by atoms with Gasteiger partial charge in [0.05, 0.1) is 6.61 Å². The zero-order chi connectivity index (χ0) is 13.0. The average Bonchev–Trinajstić information content (AvgIpc) is 2.36. The van der Waals surface area contributed by atoms with Crippen LogP contribution in [0.2, 0.25) is 0 Å². The second kappa shape index (κ2) is 5.31. The molecule has 2 rings (SSSR count). The summed E-state index contributed by atoms with van der Waals surface area (Å²) in [6, 6.07) is 7.61. The molecule has 0 saturated carbocycles. The van der Waals surface area contributed by atoms with Gasteiger partial charge in [-0.1, -0.05) is 12.1 Å². The Morgan fingerprint density at radius 1 is 1.39 bits per heavy atom. The highest BCUT2D eigenvalue weighted by Gasteiger charge is 1.97. The monoisotopic (exact) mass is 242 g/mol. The van der Waals surface area contributed by atoms with Gasteiger partial charge in [-0.25, -0.2) is 9.78 Å². The Labute approximate surface area is 105 Å². The summed E-state index contributed by atoms with van der Waals surface area (Å²) in [7, 11) is 0. The molecule has 0 aliphatic rings. The molecule has 0 bridgehead atoms. The van der Waals surface area contributed by atoms with Crippen molar-refractivity contribution in [3.63, 3.8) is 0 Å². The third kappa shape index (κ3) is 2.85. The van der Waals surface area contributed by atoms with E-state index in [1.54, 1.807) is 19.2 Å². The maximum atomic E-state index is 11.2. The summed E-state index contributed by atoms with van der Waals surface area (Å²) in [6.07, 6.45) is 4.84. The number of nitrogens with two attached hydrogens (primary N) is 1. The number of nitrogen functional groups attached to an aromatic ring is 1. The number of benzene rings is 1. The van der Waals surface area contributed by atoms with Crippen LogP contribution in [0.3, 0.4) is 0 Å². The van der Waals surface area contributed by atoms with Crippen molar-refractivity contribution in [3.05, 3.63) is 42.1 Å². The highest BCUT2D eigenvalue weighted by molar-refractivity contribution is 5.89. The smallest absolute Gasteiger partial charge is 0.330 e. The van der Waals surface area contributed by atoms with E-state index >= 15 is 0 Å². The lowest BCUT2D eigenvalue weighted by atomic mass is 10.1. The number of hydrogen-bond acceptors (Lipinski definition) is 4. The quantitative estimate of drug-likeness (QED) is 0.663. The molecule has 4 heteroatoms. The zero-order valence-electron chi connectivity index (χ0n) is 10.1. The summed E-state index contributed by atoms with van der Waals surface area (Å²) in [5.41, 5.74) is 6.53. The molecule has 1 heterocycles. The van der Waals surface area contributed by atoms with Gasteiger partial charge in [0, 0.05) is 17.7 Å². The summed E-state index contributed by atoms with van der Waals surface area (Å²) in [4.78, 5) is 15.2. The number of pyridine rings is 1. The summed E-state index contributed by atoms with van der Waals surface area (Å²) < 4.78 is 4.81. The molecule has 0 spiro atoms. The molecular formula is C14H14N2O2. The van der Waals surface area contributed by atoms with Crippen LogP contribution in [0.5, 0.6) is 0 Å². The van der Waals surface area contributed by atoms with E-state index in [1.807, 2.05) is 24.3 Å². The molecule has 0 aliphatic carbocycles. The van der Waals surface area contributed by atoms with E-state index in [-0.39, 0.29) is 5.97 Å². The Bertz CT molecular complexity index is 606. The molecule has 0 aliphatic heterocycles. The van der Waals surface area contributed by atoms with Gasteiger partial charge in [-0.3, -0.25) is 0 Å². The molecule has 0 fully saturated rings. The lowest BCUT2D eigenvalue weighted by molar-refractivity contribution is -0.137. The predicted molar refractivity (Wildman–Crippen MR) is 71.8 cm³/mol. The minimum Gasteiger partial charge on any atom is -0.463 e. The number of fused-ring (bicyclic) bond motifs is 1. The Morgan fingerprint density at radius 3 is 3.00 bits per heavy atom. The van der Waals surface area contributed by atoms with Crippen LogP contribution in [0, 0.1) is 0 Å². The van der Waals surface area contributed by atoms with E-state index < -0.39 is 0 Å². The van der Waals surface area contributed by atoms with Crippen molar-refractivity contribution in [3.8, 4) is 0 Å². The third-order valence-electron chi connectivity index (χ3n) is 2.47. The van der Waals surface area contributed by atoms with Gasteiger partial charge < -0.3 is 10.5 Å². The maximum absolute atomic E-state index is 11.2. The van der Waals surface area contributed by atoms with Gasteiger partial charge in [0.2, 0.25) is 0 Å². The van der Waals surface area contributed by atoms with Gasteiger partial charge in [0.1, 0.15) is 5.82 Å². The Balaban J connectivity index is 2.25. The molecule has 1 aromatic heterocycles. The molecule has 92 valence electrons. The molecule has 0 radical (unpaired) electrons. The van der Waals surface area contributed by atoms with Gasteiger partial charge in [-0.2, -0.15) is 0 Å². The predicted octanol–water partition coefficient (Wildman–Crippen LogP) is 2.39. The zero-order valence-corrected chi connectivity index (χ0v) is 10.1. The van der Waals surface area contributed by atoms with Crippen LogP contribution in [0.1, 0.15) is 12.5 Å². The molecule has 1 aromatic carbocycles. The van der Waals surface area contributed by atoms with Gasteiger partial charge in [0.25, 0.3) is 0 Å². The van der Waals surface area contributed by atoms with E-state index in [0.29, 0.717) is 12.4 Å². The van der Waals surface area contributed by atoms with Crippen molar-refractivity contribution in [1.82, 2.24) is 4.98 Å². The molecular weight excluding hydrogens is 228 g/mol. The topological polar surface area (TPSA) is 65.2 Å². The molecule has 0 atom stereocenters. The van der Waals surface area contributed by atoms with Crippen molar-refractivity contribution in [2.45, 2.75) is 6.92 Å². The van der Waals surface area contributed by atoms with E-state index in [1.165, 1.54) is 6.08 Å². The number of hydrogen-bond donors (Lipinski definition) is 1. The van der Waals surface area contributed by atoms with Gasteiger partial charge in [0.15, 0.2) is 0 Å². The van der Waals surface area contributed by atoms with Crippen molar-refractivity contribution < 1.29 is 9.53 Å². The summed E-state index contributed by atoms with van der Waals surface area (Å²) >= 11 is 0. The largest absolute Gasteiger partial charge is 0.463 e. The Morgan fingerprint density at radius 2 is 2.22 bits per heavy atom. The minimum absolute atomic E-state index is 0.340. The first kappa shape index (κ1) is 12.1. The molecule has 0 amide bonds. The van der Waals surface area contributed by atoms with Crippen molar-refractivity contribution in [2.75, 3.05) is 12.3 Å². The van der Waals surface area contributed by atoms with Gasteiger partial charge >= 0.3 is 5.97 Å². The van der Waals surface area contributed by atoms with Crippen molar-refractivity contribution >= 4 is 28.6 Å². The standard InChI is InChI=1S/C14H14N2O2/c1-2-18-14(17)6-4-10-3-5-11-8-13(15)16-9-12(11)7-10/h3-9H,2H2,1H3,(H2,15,16)/b6-4+. The van der Waals surface area contributed by atoms with Gasteiger partial charge in [-0.05, 0) is 36.1 Å². The second-order valence-electron chi connectivity index (χ2n) is 3.80. The van der Waals surface area contributed by atoms with Crippen molar-refractivity contribution in [1.29, 1.82) is 0 Å². The van der Waals surface area contributed by atoms with Crippen LogP contribution in [-0.4, -0.2) is 17.6 Å². The molecule has 0 unspecified atom stereocenters. The van der Waals surface area contributed by atoms with Gasteiger partial charge in [-0.15, -0.1) is 0 Å². The number of aromatic nitrogens is 1. The van der Waals surface area contributed by atoms with Crippen LogP contribution in [0.25, 0.3) is 16.8 Å². The first-order valence-corrected chi connectivity index (χ1v) is 5.69. The fourth-order valence-corrected chi connectivity index (χ4v) is 1.64. The molecule has 0 saturated heterocycles. The fourth-order valence-electron chi connectivity index (χ4n) is 1.64. The van der Waals surface area contributed by atoms with Crippen LogP contribution in [0.15, 0.2) is 36.5 Å². The lowest BCUT2D eigenvalue weighted by Crippen LogP contribution is -1.98. The molecule has 4 nitrogen and oxygen atoms in total. The summed E-state index contributed by atoms with van der Waals surface area (Å²) in [5.74, 6) is 0.158. The van der Waals surface area contributed by atoms with Crippen LogP contribution >= 0.6 is 0 Å². The number of carbonyl (C=O) groups is 1. The Hall–Kier alpha value is -2.36. The van der Waals surface area contributed by atoms with Crippen LogP contribution in [-0.2, 0) is 9.53 Å². The van der Waals surface area contributed by atoms with E-state index in [9.17, 15) is 4.79 Å². The van der Waals surface area contributed by atoms with Crippen LogP contribution < -0.4 is 5.73 Å².